The minimum Gasteiger partial charge on any atom is -0.454 e. The van der Waals surface area contributed by atoms with Crippen LogP contribution in [0.25, 0.3) is 0 Å². The van der Waals surface area contributed by atoms with Crippen molar-refractivity contribution in [1.29, 1.82) is 0 Å². The molecule has 1 rings (SSSR count). The monoisotopic (exact) mass is 774 g/mol. The van der Waals surface area contributed by atoms with Gasteiger partial charge in [-0.2, -0.15) is 0 Å². The van der Waals surface area contributed by atoms with E-state index in [9.17, 15) is 50.8 Å². The zero-order chi connectivity index (χ0) is 41.6. The average Bonchev–Trinajstić information content (AvgIpc) is 3.13. The van der Waals surface area contributed by atoms with Crippen LogP contribution in [-0.2, 0) is 19.0 Å². The van der Waals surface area contributed by atoms with Gasteiger partial charge in [0.2, 0.25) is 0 Å². The zero-order valence-corrected chi connectivity index (χ0v) is 33.7. The van der Waals surface area contributed by atoms with Crippen LogP contribution in [0.15, 0.2) is 46.6 Å². The molecule has 0 saturated carbocycles. The van der Waals surface area contributed by atoms with E-state index in [1.807, 2.05) is 19.9 Å². The Morgan fingerprint density at radius 3 is 1.76 bits per heavy atom. The number of carbonyl (C=O) groups excluding carboxylic acids is 1. The van der Waals surface area contributed by atoms with Crippen LogP contribution >= 0.6 is 0 Å². The number of aliphatic hydroxyl groups excluding tert-OH is 10. The van der Waals surface area contributed by atoms with E-state index < -0.39 is 105 Å². The first-order valence-corrected chi connectivity index (χ1v) is 19.0. The van der Waals surface area contributed by atoms with Crippen molar-refractivity contribution in [1.82, 2.24) is 0 Å². The molecule has 14 heteroatoms. The third-order valence-electron chi connectivity index (χ3n) is 10.3. The second-order valence-corrected chi connectivity index (χ2v) is 15.4. The Morgan fingerprint density at radius 2 is 1.26 bits per heavy atom. The minimum absolute atomic E-state index is 0.0819. The number of carbonyl (C=O) groups is 1. The van der Waals surface area contributed by atoms with Crippen LogP contribution in [0.3, 0.4) is 0 Å². The van der Waals surface area contributed by atoms with E-state index in [-0.39, 0.29) is 17.4 Å². The maximum Gasteiger partial charge on any atom is 0.333 e. The van der Waals surface area contributed by atoms with Crippen molar-refractivity contribution < 1.29 is 70.1 Å². The van der Waals surface area contributed by atoms with Gasteiger partial charge in [-0.15, -0.1) is 0 Å². The largest absolute Gasteiger partial charge is 0.454 e. The fourth-order valence-corrected chi connectivity index (χ4v) is 6.77. The van der Waals surface area contributed by atoms with Gasteiger partial charge in [-0.1, -0.05) is 72.3 Å². The van der Waals surface area contributed by atoms with E-state index in [1.54, 1.807) is 33.8 Å². The summed E-state index contributed by atoms with van der Waals surface area (Å²) in [7, 11) is 0. The smallest absolute Gasteiger partial charge is 0.333 e. The lowest BCUT2D eigenvalue weighted by Gasteiger charge is -2.41. The second-order valence-electron chi connectivity index (χ2n) is 15.4. The molecule has 0 unspecified atom stereocenters. The van der Waals surface area contributed by atoms with Gasteiger partial charge in [0.25, 0.3) is 0 Å². The Bertz CT molecular complexity index is 1250. The molecule has 1 fully saturated rings. The zero-order valence-electron chi connectivity index (χ0n) is 33.7. The summed E-state index contributed by atoms with van der Waals surface area (Å²) in [5.41, 5.74) is 2.06. The van der Waals surface area contributed by atoms with Crippen LogP contribution in [0.2, 0.25) is 0 Å². The maximum absolute atomic E-state index is 12.6. The Hall–Kier alpha value is -2.05. The van der Waals surface area contributed by atoms with Gasteiger partial charge >= 0.3 is 5.97 Å². The van der Waals surface area contributed by atoms with Gasteiger partial charge in [0.1, 0.15) is 36.6 Å². The number of hydrogen-bond donors (Lipinski definition) is 10. The molecule has 16 atom stereocenters. The lowest BCUT2D eigenvalue weighted by molar-refractivity contribution is -0.310. The van der Waals surface area contributed by atoms with Gasteiger partial charge in [-0.3, -0.25) is 0 Å². The first kappa shape index (κ1) is 50.0. The number of allylic oxidation sites excluding steroid dienone is 1. The number of esters is 1. The van der Waals surface area contributed by atoms with E-state index in [2.05, 4.69) is 26.8 Å². The molecule has 0 amide bonds. The molecule has 0 aromatic carbocycles. The summed E-state index contributed by atoms with van der Waals surface area (Å²) in [6.45, 7) is 16.4. The normalized spacial score (nSPS) is 28.3. The quantitative estimate of drug-likeness (QED) is 0.0423. The molecule has 0 aliphatic carbocycles. The molecule has 0 aromatic heterocycles. The summed E-state index contributed by atoms with van der Waals surface area (Å²) in [5, 5.41) is 102. The fraction of sp³-hybridized carbons (Fsp3) is 0.775. The molecular formula is C40H70O14. The predicted molar refractivity (Wildman–Crippen MR) is 202 cm³/mol. The lowest BCUT2D eigenvalue weighted by atomic mass is 9.87. The van der Waals surface area contributed by atoms with Crippen LogP contribution in [0, 0.1) is 29.6 Å². The summed E-state index contributed by atoms with van der Waals surface area (Å²) in [6.07, 6.45) is -5.59. The van der Waals surface area contributed by atoms with Crippen molar-refractivity contribution in [3.8, 4) is 0 Å². The Balaban J connectivity index is 3.23. The first-order valence-electron chi connectivity index (χ1n) is 19.0. The first-order chi connectivity index (χ1) is 25.1. The Kier molecular flexibility index (Phi) is 22.1. The van der Waals surface area contributed by atoms with Gasteiger partial charge in [0.15, 0.2) is 12.4 Å². The van der Waals surface area contributed by atoms with Crippen molar-refractivity contribution in [3.05, 3.63) is 46.6 Å². The molecule has 14 nitrogen and oxygen atoms in total. The number of hydrogen-bond acceptors (Lipinski definition) is 14. The third kappa shape index (κ3) is 14.8. The molecule has 10 N–H and O–H groups in total. The van der Waals surface area contributed by atoms with Crippen LogP contribution < -0.4 is 0 Å². The number of rotatable bonds is 22. The molecule has 0 aromatic rings. The van der Waals surface area contributed by atoms with Gasteiger partial charge in [-0.25, -0.2) is 4.79 Å². The Morgan fingerprint density at radius 1 is 0.722 bits per heavy atom. The summed E-state index contributed by atoms with van der Waals surface area (Å²) < 4.78 is 17.1. The summed E-state index contributed by atoms with van der Waals surface area (Å²) in [5.74, 6) is -1.63. The van der Waals surface area contributed by atoms with E-state index in [0.29, 0.717) is 17.1 Å². The number of aliphatic hydroxyl groups is 10. The summed E-state index contributed by atoms with van der Waals surface area (Å²) in [4.78, 5) is 12.6. The highest BCUT2D eigenvalue weighted by atomic mass is 16.7. The topological polar surface area (TPSA) is 247 Å². The highest BCUT2D eigenvalue weighted by Crippen LogP contribution is 2.30. The molecule has 1 heterocycles. The molecule has 54 heavy (non-hydrogen) atoms. The summed E-state index contributed by atoms with van der Waals surface area (Å²) >= 11 is 0. The maximum atomic E-state index is 12.6. The Labute approximate surface area is 321 Å². The lowest BCUT2D eigenvalue weighted by Crippen LogP contribution is -2.60. The van der Waals surface area contributed by atoms with Crippen molar-refractivity contribution in [2.45, 2.75) is 149 Å². The predicted octanol–water partition coefficient (Wildman–Crippen LogP) is 1.28. The SMILES string of the molecule is CC[C@@H](C)C[C@@H](C)/C=C(\C)[C@@H](O[C@@H]1O[C@H](CO)[C@@H](O)[C@H](O)[C@@H]1O)[C@H](C)/C=C(\C)[C@H](O)[C@@H](C)/C=C(\C)[C@@H](O)[C@H](C)/C=C(\C)C(=O)O[C@H](CO)[C@@H](O)[C@H](O)CO. The van der Waals surface area contributed by atoms with Crippen molar-refractivity contribution in [3.63, 3.8) is 0 Å². The minimum atomic E-state index is -1.71. The molecule has 1 aliphatic heterocycles. The van der Waals surface area contributed by atoms with E-state index in [0.717, 1.165) is 18.4 Å². The molecule has 0 radical (unpaired) electrons. The van der Waals surface area contributed by atoms with Crippen LogP contribution in [0.1, 0.15) is 82.1 Å². The molecule has 1 saturated heterocycles. The summed E-state index contributed by atoms with van der Waals surface area (Å²) in [6, 6.07) is 0. The third-order valence-corrected chi connectivity index (χ3v) is 10.3. The van der Waals surface area contributed by atoms with Crippen molar-refractivity contribution >= 4 is 5.97 Å². The standard InChI is InChI=1S/C40H70O14/c1-11-20(2)12-21(3)13-26(8)38(54-40-37(50)36(49)35(48)31(19-43)53-40)27(9)15-24(6)32(45)22(4)14-23(5)33(46)25(7)16-28(10)39(51)52-30(18-42)34(47)29(44)17-41/h13-16,20-22,25,27,29-38,40-50H,11-12,17-19H2,1-10H3/b23-14+,24-15+,26-13+,28-16+/t20-,21-,22+,25-,27-,29-,30-,31-,32-,33-,34+,35-,36+,37+,38-,40+/m1/s1. The van der Waals surface area contributed by atoms with Gasteiger partial charge in [0, 0.05) is 23.3 Å². The van der Waals surface area contributed by atoms with Gasteiger partial charge in [-0.05, 0) is 62.7 Å². The van der Waals surface area contributed by atoms with Gasteiger partial charge < -0.3 is 65.3 Å². The second kappa shape index (κ2) is 23.9. The average molecular weight is 775 g/mol. The van der Waals surface area contributed by atoms with E-state index in [1.165, 1.54) is 13.0 Å². The fourth-order valence-electron chi connectivity index (χ4n) is 6.77. The highest BCUT2D eigenvalue weighted by Gasteiger charge is 2.45. The van der Waals surface area contributed by atoms with E-state index >= 15 is 0 Å². The van der Waals surface area contributed by atoms with Crippen molar-refractivity contribution in [2.75, 3.05) is 19.8 Å². The van der Waals surface area contributed by atoms with Crippen LogP contribution in [0.4, 0.5) is 0 Å². The molecule has 0 bridgehead atoms. The van der Waals surface area contributed by atoms with Crippen LogP contribution in [0.5, 0.6) is 0 Å². The van der Waals surface area contributed by atoms with Crippen molar-refractivity contribution in [2.24, 2.45) is 29.6 Å². The molecule has 0 spiro atoms. The number of ether oxygens (including phenoxy) is 3. The van der Waals surface area contributed by atoms with Crippen LogP contribution in [-0.4, -0.2) is 144 Å². The molecular weight excluding hydrogens is 704 g/mol. The molecule has 1 aliphatic rings. The van der Waals surface area contributed by atoms with Gasteiger partial charge in [0.05, 0.1) is 38.1 Å². The molecule has 314 valence electrons. The van der Waals surface area contributed by atoms with E-state index in [4.69, 9.17) is 19.3 Å². The highest BCUT2D eigenvalue weighted by molar-refractivity contribution is 5.88.